The van der Waals surface area contributed by atoms with Crippen LogP contribution in [-0.2, 0) is 6.54 Å². The van der Waals surface area contributed by atoms with Gasteiger partial charge in [-0.05, 0) is 42.0 Å². The van der Waals surface area contributed by atoms with Gasteiger partial charge in [0.2, 0.25) is 0 Å². The van der Waals surface area contributed by atoms with Gasteiger partial charge < -0.3 is 16.0 Å². The number of urea groups is 1. The van der Waals surface area contributed by atoms with E-state index in [-0.39, 0.29) is 6.03 Å². The van der Waals surface area contributed by atoms with Crippen LogP contribution in [0.4, 0.5) is 16.2 Å². The number of amides is 2. The summed E-state index contributed by atoms with van der Waals surface area (Å²) in [5, 5.41) is 9.25. The summed E-state index contributed by atoms with van der Waals surface area (Å²) in [6.45, 7) is 0.722. The van der Waals surface area contributed by atoms with Crippen LogP contribution in [0, 0.1) is 0 Å². The monoisotopic (exact) mass is 289 g/mol. The number of carbonyl (C=O) groups excluding carboxylic acids is 1. The first-order valence-corrected chi connectivity index (χ1v) is 6.62. The van der Waals surface area contributed by atoms with Crippen molar-refractivity contribution in [2.24, 2.45) is 0 Å². The number of hydrogen-bond acceptors (Lipinski definition) is 2. The van der Waals surface area contributed by atoms with Crippen LogP contribution in [0.3, 0.4) is 0 Å². The van der Waals surface area contributed by atoms with E-state index in [0.29, 0.717) is 0 Å². The number of nitrogens with one attached hydrogen (secondary N) is 3. The molecule has 0 bridgehead atoms. The van der Waals surface area contributed by atoms with Crippen molar-refractivity contribution in [1.29, 1.82) is 0 Å². The van der Waals surface area contributed by atoms with Crippen LogP contribution >= 0.6 is 11.6 Å². The highest BCUT2D eigenvalue weighted by Gasteiger charge is 1.99. The van der Waals surface area contributed by atoms with Crippen LogP contribution in [0.1, 0.15) is 5.56 Å². The predicted octanol–water partition coefficient (Wildman–Crippen LogP) is 3.70. The summed E-state index contributed by atoms with van der Waals surface area (Å²) < 4.78 is 0. The molecule has 0 aromatic heterocycles. The Balaban J connectivity index is 1.90. The minimum atomic E-state index is -0.230. The average Bonchev–Trinajstić information content (AvgIpc) is 2.48. The van der Waals surface area contributed by atoms with Crippen molar-refractivity contribution >= 4 is 29.0 Å². The molecule has 20 heavy (non-hydrogen) atoms. The Kier molecular flexibility index (Phi) is 4.85. The summed E-state index contributed by atoms with van der Waals surface area (Å²) in [5.74, 6) is 0. The first-order valence-electron chi connectivity index (χ1n) is 6.24. The van der Waals surface area contributed by atoms with Gasteiger partial charge in [0.15, 0.2) is 0 Å². The van der Waals surface area contributed by atoms with E-state index in [9.17, 15) is 4.79 Å². The molecule has 0 atom stereocenters. The number of rotatable bonds is 4. The van der Waals surface area contributed by atoms with E-state index in [0.717, 1.165) is 28.5 Å². The minimum Gasteiger partial charge on any atom is -0.381 e. The van der Waals surface area contributed by atoms with Crippen molar-refractivity contribution < 1.29 is 4.79 Å². The fraction of sp³-hybridized carbons (Fsp3) is 0.133. The first kappa shape index (κ1) is 14.2. The van der Waals surface area contributed by atoms with Gasteiger partial charge in [-0.3, -0.25) is 0 Å². The van der Waals surface area contributed by atoms with E-state index < -0.39 is 0 Å². The normalized spacial score (nSPS) is 9.90. The Hall–Kier alpha value is -2.20. The molecule has 104 valence electrons. The molecule has 0 heterocycles. The summed E-state index contributed by atoms with van der Waals surface area (Å²) in [7, 11) is 1.58. The van der Waals surface area contributed by atoms with Gasteiger partial charge in [0, 0.05) is 30.0 Å². The summed E-state index contributed by atoms with van der Waals surface area (Å²) in [4.78, 5) is 11.2. The standard InChI is InChI=1S/C15H16ClN3O/c1-17-15(20)19-14-8-6-13(7-9-14)18-10-11-2-4-12(16)5-3-11/h2-9,18H,10H2,1H3,(H2,17,19,20). The van der Waals surface area contributed by atoms with Gasteiger partial charge in [0.25, 0.3) is 0 Å². The molecule has 2 aromatic rings. The van der Waals surface area contributed by atoms with Crippen molar-refractivity contribution in [1.82, 2.24) is 5.32 Å². The summed E-state index contributed by atoms with van der Waals surface area (Å²) >= 11 is 5.84. The molecule has 0 unspecified atom stereocenters. The number of carbonyl (C=O) groups is 1. The highest BCUT2D eigenvalue weighted by atomic mass is 35.5. The Morgan fingerprint density at radius 2 is 1.60 bits per heavy atom. The van der Waals surface area contributed by atoms with Crippen LogP contribution in [0.5, 0.6) is 0 Å². The maximum absolute atomic E-state index is 11.2. The van der Waals surface area contributed by atoms with Crippen molar-refractivity contribution in [3.8, 4) is 0 Å². The first-order chi connectivity index (χ1) is 9.67. The molecule has 0 aliphatic carbocycles. The number of benzene rings is 2. The van der Waals surface area contributed by atoms with E-state index in [1.54, 1.807) is 7.05 Å². The second-order valence-electron chi connectivity index (χ2n) is 4.26. The molecular weight excluding hydrogens is 274 g/mol. The molecule has 0 saturated carbocycles. The smallest absolute Gasteiger partial charge is 0.318 e. The molecule has 0 spiro atoms. The van der Waals surface area contributed by atoms with Gasteiger partial charge in [0.05, 0.1) is 0 Å². The molecule has 0 aliphatic heterocycles. The summed E-state index contributed by atoms with van der Waals surface area (Å²) in [6.07, 6.45) is 0. The topological polar surface area (TPSA) is 53.2 Å². The Morgan fingerprint density at radius 1 is 1.00 bits per heavy atom. The van der Waals surface area contributed by atoms with Crippen LogP contribution < -0.4 is 16.0 Å². The minimum absolute atomic E-state index is 0.230. The maximum Gasteiger partial charge on any atom is 0.318 e. The SMILES string of the molecule is CNC(=O)Nc1ccc(NCc2ccc(Cl)cc2)cc1. The number of anilines is 2. The Morgan fingerprint density at radius 3 is 2.20 bits per heavy atom. The largest absolute Gasteiger partial charge is 0.381 e. The van der Waals surface area contributed by atoms with Gasteiger partial charge in [-0.25, -0.2) is 4.79 Å². The van der Waals surface area contributed by atoms with Gasteiger partial charge in [0.1, 0.15) is 0 Å². The van der Waals surface area contributed by atoms with Crippen molar-refractivity contribution in [3.63, 3.8) is 0 Å². The third-order valence-electron chi connectivity index (χ3n) is 2.78. The highest BCUT2D eigenvalue weighted by molar-refractivity contribution is 6.30. The predicted molar refractivity (Wildman–Crippen MR) is 83.3 cm³/mol. The summed E-state index contributed by atoms with van der Waals surface area (Å²) in [6, 6.07) is 15.0. The van der Waals surface area contributed by atoms with Crippen LogP contribution in [0.25, 0.3) is 0 Å². The lowest BCUT2D eigenvalue weighted by Crippen LogP contribution is -2.24. The van der Waals surface area contributed by atoms with Crippen LogP contribution in [0.15, 0.2) is 48.5 Å². The van der Waals surface area contributed by atoms with Gasteiger partial charge >= 0.3 is 6.03 Å². The van der Waals surface area contributed by atoms with E-state index >= 15 is 0 Å². The fourth-order valence-electron chi connectivity index (χ4n) is 1.67. The van der Waals surface area contributed by atoms with E-state index in [1.807, 2.05) is 48.5 Å². The van der Waals surface area contributed by atoms with E-state index in [4.69, 9.17) is 11.6 Å². The van der Waals surface area contributed by atoms with E-state index in [1.165, 1.54) is 0 Å². The van der Waals surface area contributed by atoms with Crippen LogP contribution in [-0.4, -0.2) is 13.1 Å². The van der Waals surface area contributed by atoms with Gasteiger partial charge in [-0.15, -0.1) is 0 Å². The molecule has 0 saturated heterocycles. The maximum atomic E-state index is 11.2. The number of halogens is 1. The second-order valence-corrected chi connectivity index (χ2v) is 4.70. The number of hydrogen-bond donors (Lipinski definition) is 3. The second kappa shape index (κ2) is 6.82. The fourth-order valence-corrected chi connectivity index (χ4v) is 1.80. The van der Waals surface area contributed by atoms with Gasteiger partial charge in [-0.1, -0.05) is 23.7 Å². The Bertz CT molecular complexity index is 567. The lowest BCUT2D eigenvalue weighted by Gasteiger charge is -2.08. The third kappa shape index (κ3) is 4.17. The molecule has 5 heteroatoms. The van der Waals surface area contributed by atoms with Crippen molar-refractivity contribution in [3.05, 3.63) is 59.1 Å². The zero-order valence-corrected chi connectivity index (χ0v) is 11.9. The van der Waals surface area contributed by atoms with Crippen molar-refractivity contribution in [2.75, 3.05) is 17.7 Å². The zero-order chi connectivity index (χ0) is 14.4. The lowest BCUT2D eigenvalue weighted by molar-refractivity contribution is 0.254. The third-order valence-corrected chi connectivity index (χ3v) is 3.03. The molecule has 4 nitrogen and oxygen atoms in total. The Labute approximate surface area is 123 Å². The molecule has 0 fully saturated rings. The molecule has 0 radical (unpaired) electrons. The zero-order valence-electron chi connectivity index (χ0n) is 11.1. The molecule has 0 aliphatic rings. The van der Waals surface area contributed by atoms with Crippen LogP contribution in [0.2, 0.25) is 5.02 Å². The highest BCUT2D eigenvalue weighted by Crippen LogP contribution is 2.15. The molecule has 2 aromatic carbocycles. The molecule has 2 rings (SSSR count). The van der Waals surface area contributed by atoms with Gasteiger partial charge in [-0.2, -0.15) is 0 Å². The lowest BCUT2D eigenvalue weighted by atomic mass is 10.2. The quantitative estimate of drug-likeness (QED) is 0.804. The van der Waals surface area contributed by atoms with Crippen molar-refractivity contribution in [2.45, 2.75) is 6.54 Å². The summed E-state index contributed by atoms with van der Waals surface area (Å²) in [5.41, 5.74) is 2.89. The molecule has 2 amide bonds. The van der Waals surface area contributed by atoms with E-state index in [2.05, 4.69) is 16.0 Å². The molecule has 3 N–H and O–H groups in total. The molecular formula is C15H16ClN3O. The average molecular weight is 290 g/mol.